The molecule has 0 fully saturated rings. The van der Waals surface area contributed by atoms with E-state index in [9.17, 15) is 14.4 Å². The predicted octanol–water partition coefficient (Wildman–Crippen LogP) is 2.53. The zero-order chi connectivity index (χ0) is 22.5. The molecule has 0 aliphatic rings. The predicted molar refractivity (Wildman–Crippen MR) is 124 cm³/mol. The lowest BCUT2D eigenvalue weighted by molar-refractivity contribution is -0.121. The van der Waals surface area contributed by atoms with E-state index >= 15 is 0 Å². The number of nitrogens with one attached hydrogen (secondary N) is 1. The van der Waals surface area contributed by atoms with Crippen LogP contribution in [-0.4, -0.2) is 26.6 Å². The molecule has 0 saturated carbocycles. The summed E-state index contributed by atoms with van der Waals surface area (Å²) in [6.45, 7) is 2.43. The Kier molecular flexibility index (Phi) is 6.26. The number of benzene rings is 2. The van der Waals surface area contributed by atoms with Crippen molar-refractivity contribution in [2.75, 3.05) is 6.54 Å². The van der Waals surface area contributed by atoms with Crippen molar-refractivity contribution in [3.63, 3.8) is 0 Å². The average Bonchev–Trinajstić information content (AvgIpc) is 2.84. The summed E-state index contributed by atoms with van der Waals surface area (Å²) in [5.74, 6) is -0.214. The smallest absolute Gasteiger partial charge is 0.318 e. The van der Waals surface area contributed by atoms with Crippen LogP contribution in [-0.2, 0) is 17.9 Å². The van der Waals surface area contributed by atoms with Crippen LogP contribution in [0.4, 0.5) is 0 Å². The highest BCUT2D eigenvalue weighted by atomic mass is 16.2. The van der Waals surface area contributed by atoms with Gasteiger partial charge in [0.1, 0.15) is 6.54 Å². The molecule has 1 atom stereocenters. The second-order valence-electron chi connectivity index (χ2n) is 7.73. The molecule has 4 rings (SSSR count). The normalized spacial score (nSPS) is 11.9. The molecule has 2 aromatic heterocycles. The van der Waals surface area contributed by atoms with Crippen LogP contribution in [0.25, 0.3) is 11.2 Å². The SMILES string of the molecule is C[C@H](CNC(=O)Cn1c(=O)c(=O)n(Cc2ccccc2)c2ncccc21)c1ccccc1. The van der Waals surface area contributed by atoms with Gasteiger partial charge in [0.05, 0.1) is 12.1 Å². The van der Waals surface area contributed by atoms with Crippen LogP contribution in [0.5, 0.6) is 0 Å². The van der Waals surface area contributed by atoms with Crippen LogP contribution >= 0.6 is 0 Å². The molecular formula is C25H24N4O3. The Balaban J connectivity index is 1.60. The minimum absolute atomic E-state index is 0.120. The van der Waals surface area contributed by atoms with Crippen molar-refractivity contribution in [2.45, 2.75) is 25.9 Å². The molecule has 32 heavy (non-hydrogen) atoms. The first-order valence-corrected chi connectivity index (χ1v) is 10.5. The number of carbonyl (C=O) groups excluding carboxylic acids is 1. The molecule has 7 heteroatoms. The fourth-order valence-corrected chi connectivity index (χ4v) is 3.68. The zero-order valence-electron chi connectivity index (χ0n) is 17.8. The third-order valence-electron chi connectivity index (χ3n) is 5.45. The van der Waals surface area contributed by atoms with E-state index in [1.165, 1.54) is 9.13 Å². The lowest BCUT2D eigenvalue weighted by Gasteiger charge is -2.16. The van der Waals surface area contributed by atoms with E-state index in [-0.39, 0.29) is 24.9 Å². The molecule has 2 heterocycles. The second-order valence-corrected chi connectivity index (χ2v) is 7.73. The maximum Gasteiger partial charge on any atom is 0.318 e. The zero-order valence-corrected chi connectivity index (χ0v) is 17.8. The molecule has 0 aliphatic carbocycles. The van der Waals surface area contributed by atoms with E-state index in [2.05, 4.69) is 10.3 Å². The van der Waals surface area contributed by atoms with E-state index in [0.717, 1.165) is 11.1 Å². The van der Waals surface area contributed by atoms with Crippen molar-refractivity contribution in [3.05, 3.63) is 111 Å². The molecule has 1 amide bonds. The average molecular weight is 428 g/mol. The first-order chi connectivity index (χ1) is 15.5. The van der Waals surface area contributed by atoms with Crippen LogP contribution in [0.2, 0.25) is 0 Å². The fourth-order valence-electron chi connectivity index (χ4n) is 3.68. The molecule has 0 aliphatic heterocycles. The van der Waals surface area contributed by atoms with Crippen molar-refractivity contribution in [1.82, 2.24) is 19.4 Å². The fraction of sp³-hybridized carbons (Fsp3) is 0.200. The molecule has 0 spiro atoms. The number of fused-ring (bicyclic) bond motifs is 1. The number of pyridine rings is 1. The van der Waals surface area contributed by atoms with Gasteiger partial charge >= 0.3 is 11.1 Å². The molecule has 0 saturated heterocycles. The van der Waals surface area contributed by atoms with Crippen molar-refractivity contribution in [3.8, 4) is 0 Å². The summed E-state index contributed by atoms with van der Waals surface area (Å²) in [4.78, 5) is 42.8. The summed E-state index contributed by atoms with van der Waals surface area (Å²) in [5.41, 5.74) is 1.36. The van der Waals surface area contributed by atoms with Crippen LogP contribution in [0.15, 0.2) is 88.6 Å². The van der Waals surface area contributed by atoms with Gasteiger partial charge in [0.15, 0.2) is 5.65 Å². The Morgan fingerprint density at radius 1 is 0.906 bits per heavy atom. The summed E-state index contributed by atoms with van der Waals surface area (Å²) in [6, 6.07) is 22.7. The van der Waals surface area contributed by atoms with E-state index in [1.807, 2.05) is 67.6 Å². The second kappa shape index (κ2) is 9.43. The minimum atomic E-state index is -0.743. The monoisotopic (exact) mass is 428 g/mol. The van der Waals surface area contributed by atoms with Gasteiger partial charge in [0.2, 0.25) is 5.91 Å². The number of amides is 1. The van der Waals surface area contributed by atoms with Gasteiger partial charge in [-0.3, -0.25) is 23.5 Å². The number of hydrogen-bond donors (Lipinski definition) is 1. The summed E-state index contributed by atoms with van der Waals surface area (Å²) in [5, 5.41) is 2.87. The third kappa shape index (κ3) is 4.51. The largest absolute Gasteiger partial charge is 0.354 e. The van der Waals surface area contributed by atoms with Crippen molar-refractivity contribution in [2.24, 2.45) is 0 Å². The molecule has 162 valence electrons. The molecule has 0 bridgehead atoms. The summed E-state index contributed by atoms with van der Waals surface area (Å²) >= 11 is 0. The first kappa shape index (κ1) is 21.2. The molecule has 4 aromatic rings. The molecule has 0 unspecified atom stereocenters. The maximum absolute atomic E-state index is 12.9. The lowest BCUT2D eigenvalue weighted by Crippen LogP contribution is -2.44. The van der Waals surface area contributed by atoms with Gasteiger partial charge in [-0.25, -0.2) is 4.98 Å². The van der Waals surface area contributed by atoms with Gasteiger partial charge in [-0.05, 0) is 29.2 Å². The van der Waals surface area contributed by atoms with Crippen molar-refractivity contribution >= 4 is 17.1 Å². The highest BCUT2D eigenvalue weighted by Gasteiger charge is 2.17. The van der Waals surface area contributed by atoms with Crippen molar-refractivity contribution in [1.29, 1.82) is 0 Å². The van der Waals surface area contributed by atoms with E-state index < -0.39 is 11.1 Å². The van der Waals surface area contributed by atoms with Crippen LogP contribution in [0, 0.1) is 0 Å². The van der Waals surface area contributed by atoms with Crippen molar-refractivity contribution < 1.29 is 4.79 Å². The maximum atomic E-state index is 12.9. The quantitative estimate of drug-likeness (QED) is 0.459. The van der Waals surface area contributed by atoms with E-state index in [0.29, 0.717) is 17.7 Å². The van der Waals surface area contributed by atoms with Crippen LogP contribution in [0.3, 0.4) is 0 Å². The molecule has 1 N–H and O–H groups in total. The molecule has 7 nitrogen and oxygen atoms in total. The number of carbonyl (C=O) groups is 1. The van der Waals surface area contributed by atoms with Gasteiger partial charge in [0, 0.05) is 12.7 Å². The summed E-state index contributed by atoms with van der Waals surface area (Å²) < 4.78 is 2.56. The number of aromatic nitrogens is 3. The third-order valence-corrected chi connectivity index (χ3v) is 5.45. The Bertz CT molecular complexity index is 1340. The molecular weight excluding hydrogens is 404 g/mol. The summed E-state index contributed by atoms with van der Waals surface area (Å²) in [7, 11) is 0. The number of nitrogens with zero attached hydrogens (tertiary/aromatic N) is 3. The highest BCUT2D eigenvalue weighted by molar-refractivity contribution is 5.78. The van der Waals surface area contributed by atoms with Crippen LogP contribution < -0.4 is 16.4 Å². The van der Waals surface area contributed by atoms with Gasteiger partial charge in [0.25, 0.3) is 0 Å². The standard InChI is InChI=1S/C25H24N4O3/c1-18(20-11-6-3-7-12-20)15-27-22(30)17-28-21-13-8-14-26-23(21)29(25(32)24(28)31)16-19-9-4-2-5-10-19/h2-14,18H,15-17H2,1H3,(H,27,30)/t18-/m1/s1. The van der Waals surface area contributed by atoms with Gasteiger partial charge in [-0.1, -0.05) is 67.6 Å². The Labute approximate surface area is 185 Å². The molecule has 0 radical (unpaired) electrons. The van der Waals surface area contributed by atoms with Crippen LogP contribution in [0.1, 0.15) is 24.0 Å². The lowest BCUT2D eigenvalue weighted by atomic mass is 10.0. The Morgan fingerprint density at radius 2 is 1.56 bits per heavy atom. The Morgan fingerprint density at radius 3 is 2.28 bits per heavy atom. The van der Waals surface area contributed by atoms with E-state index in [4.69, 9.17) is 0 Å². The van der Waals surface area contributed by atoms with Gasteiger partial charge < -0.3 is 5.32 Å². The van der Waals surface area contributed by atoms with E-state index in [1.54, 1.807) is 18.3 Å². The number of hydrogen-bond acceptors (Lipinski definition) is 4. The highest BCUT2D eigenvalue weighted by Crippen LogP contribution is 2.13. The minimum Gasteiger partial charge on any atom is -0.354 e. The number of rotatable bonds is 7. The van der Waals surface area contributed by atoms with Gasteiger partial charge in [-0.2, -0.15) is 0 Å². The summed E-state index contributed by atoms with van der Waals surface area (Å²) in [6.07, 6.45) is 1.57. The van der Waals surface area contributed by atoms with Gasteiger partial charge in [-0.15, -0.1) is 0 Å². The molecule has 2 aromatic carbocycles. The first-order valence-electron chi connectivity index (χ1n) is 10.5. The Hall–Kier alpha value is -4.00. The topological polar surface area (TPSA) is 86.0 Å².